The Morgan fingerprint density at radius 1 is 1.62 bits per heavy atom. The molecule has 0 aliphatic heterocycles. The van der Waals surface area contributed by atoms with E-state index in [1.54, 1.807) is 6.07 Å². The molecule has 0 aliphatic rings. The zero-order valence-electron chi connectivity index (χ0n) is 6.28. The quantitative estimate of drug-likeness (QED) is 0.792. The van der Waals surface area contributed by atoms with Crippen molar-refractivity contribution in [2.75, 3.05) is 0 Å². The van der Waals surface area contributed by atoms with Gasteiger partial charge in [0.2, 0.25) is 0 Å². The van der Waals surface area contributed by atoms with E-state index in [0.29, 0.717) is 11.0 Å². The van der Waals surface area contributed by atoms with Gasteiger partial charge in [0.05, 0.1) is 5.52 Å². The third kappa shape index (κ3) is 1.29. The number of nitrogens with zero attached hydrogens (tertiary/aromatic N) is 2. The molecule has 66 valence electrons. The van der Waals surface area contributed by atoms with Crippen LogP contribution in [0, 0.1) is 0 Å². The summed E-state index contributed by atoms with van der Waals surface area (Å²) < 4.78 is 0.778. The first-order valence-corrected chi connectivity index (χ1v) is 4.20. The van der Waals surface area contributed by atoms with Crippen molar-refractivity contribution in [3.05, 3.63) is 22.4 Å². The molecule has 2 aromatic rings. The highest BCUT2D eigenvalue weighted by Crippen LogP contribution is 2.17. The first-order valence-electron chi connectivity index (χ1n) is 3.41. The lowest BCUT2D eigenvalue weighted by Gasteiger charge is -1.89. The second-order valence-electron chi connectivity index (χ2n) is 2.43. The fraction of sp³-hybridized carbons (Fsp3) is 0. The summed E-state index contributed by atoms with van der Waals surface area (Å²) in [6.45, 7) is 0. The van der Waals surface area contributed by atoms with Gasteiger partial charge in [0.25, 0.3) is 0 Å². The van der Waals surface area contributed by atoms with Crippen molar-refractivity contribution in [1.29, 1.82) is 0 Å². The maximum Gasteiger partial charge on any atom is 0.358 e. The Balaban J connectivity index is 2.76. The molecule has 0 radical (unpaired) electrons. The van der Waals surface area contributed by atoms with Crippen LogP contribution in [0.25, 0.3) is 11.0 Å². The molecule has 0 saturated carbocycles. The van der Waals surface area contributed by atoms with Crippen molar-refractivity contribution >= 4 is 32.9 Å². The Hall–Kier alpha value is -1.43. The summed E-state index contributed by atoms with van der Waals surface area (Å²) in [6, 6.07) is 1.72. The van der Waals surface area contributed by atoms with Gasteiger partial charge in [-0.25, -0.2) is 4.79 Å². The number of carboxylic acid groups (broad SMARTS) is 1. The van der Waals surface area contributed by atoms with E-state index in [1.807, 2.05) is 0 Å². The van der Waals surface area contributed by atoms with Crippen LogP contribution in [0.1, 0.15) is 10.5 Å². The molecule has 2 heterocycles. The molecule has 13 heavy (non-hydrogen) atoms. The van der Waals surface area contributed by atoms with E-state index in [0.717, 1.165) is 4.47 Å². The number of aromatic nitrogens is 3. The summed E-state index contributed by atoms with van der Waals surface area (Å²) in [7, 11) is 0. The number of aromatic amines is 1. The van der Waals surface area contributed by atoms with E-state index in [-0.39, 0.29) is 5.69 Å². The van der Waals surface area contributed by atoms with Gasteiger partial charge in [-0.3, -0.25) is 10.1 Å². The number of halogens is 1. The van der Waals surface area contributed by atoms with Crippen molar-refractivity contribution in [3.8, 4) is 0 Å². The molecule has 5 nitrogen and oxygen atoms in total. The van der Waals surface area contributed by atoms with Crippen molar-refractivity contribution in [2.45, 2.75) is 0 Å². The number of carbonyl (C=O) groups is 1. The maximum absolute atomic E-state index is 10.6. The molecule has 0 aromatic carbocycles. The van der Waals surface area contributed by atoms with Gasteiger partial charge < -0.3 is 5.11 Å². The van der Waals surface area contributed by atoms with Gasteiger partial charge in [-0.2, -0.15) is 5.10 Å². The van der Waals surface area contributed by atoms with Crippen molar-refractivity contribution in [1.82, 2.24) is 15.2 Å². The average molecular weight is 242 g/mol. The van der Waals surface area contributed by atoms with Crippen LogP contribution >= 0.6 is 15.9 Å². The third-order valence-electron chi connectivity index (χ3n) is 1.57. The zero-order valence-corrected chi connectivity index (χ0v) is 7.87. The number of aromatic carboxylic acids is 1. The van der Waals surface area contributed by atoms with E-state index >= 15 is 0 Å². The predicted molar refractivity (Wildman–Crippen MR) is 48.5 cm³/mol. The number of rotatable bonds is 1. The zero-order chi connectivity index (χ0) is 9.42. The van der Waals surface area contributed by atoms with Crippen molar-refractivity contribution in [2.24, 2.45) is 0 Å². The maximum atomic E-state index is 10.6. The number of carboxylic acids is 1. The van der Waals surface area contributed by atoms with Gasteiger partial charge >= 0.3 is 5.97 Å². The second kappa shape index (κ2) is 2.81. The van der Waals surface area contributed by atoms with Crippen LogP contribution in [-0.2, 0) is 0 Å². The van der Waals surface area contributed by atoms with E-state index < -0.39 is 5.97 Å². The smallest absolute Gasteiger partial charge is 0.358 e. The molecule has 6 heteroatoms. The molecule has 2 rings (SSSR count). The topological polar surface area (TPSA) is 78.9 Å². The minimum absolute atomic E-state index is 0.0532. The summed E-state index contributed by atoms with van der Waals surface area (Å²) in [5.41, 5.74) is 0.921. The van der Waals surface area contributed by atoms with Crippen LogP contribution in [0.4, 0.5) is 0 Å². The molecule has 0 saturated heterocycles. The number of hydrogen-bond donors (Lipinski definition) is 2. The molecule has 2 aromatic heterocycles. The molecule has 0 aliphatic carbocycles. The first-order chi connectivity index (χ1) is 6.18. The van der Waals surface area contributed by atoms with Crippen molar-refractivity contribution < 1.29 is 9.90 Å². The minimum Gasteiger partial charge on any atom is -0.476 e. The fourth-order valence-corrected chi connectivity index (χ4v) is 1.36. The largest absolute Gasteiger partial charge is 0.476 e. The second-order valence-corrected chi connectivity index (χ2v) is 3.34. The highest BCUT2D eigenvalue weighted by Gasteiger charge is 2.13. The van der Waals surface area contributed by atoms with Crippen LogP contribution in [0.2, 0.25) is 0 Å². The number of fused-ring (bicyclic) bond motifs is 1. The predicted octanol–water partition coefficient (Wildman–Crippen LogP) is 1.42. The van der Waals surface area contributed by atoms with Crippen LogP contribution < -0.4 is 0 Å². The molecule has 0 fully saturated rings. The monoisotopic (exact) mass is 241 g/mol. The van der Waals surface area contributed by atoms with Gasteiger partial charge in [0, 0.05) is 10.7 Å². The Bertz CT molecular complexity index is 480. The molecule has 0 spiro atoms. The summed E-state index contributed by atoms with van der Waals surface area (Å²) in [6.07, 6.45) is 1.53. The van der Waals surface area contributed by atoms with Crippen LogP contribution in [0.15, 0.2) is 16.7 Å². The van der Waals surface area contributed by atoms with Gasteiger partial charge in [-0.05, 0) is 22.0 Å². The number of hydrogen-bond acceptors (Lipinski definition) is 3. The average Bonchev–Trinajstić information content (AvgIpc) is 2.46. The Labute approximate surface area is 80.9 Å². The molecular formula is C7H4BrN3O2. The van der Waals surface area contributed by atoms with E-state index in [9.17, 15) is 4.79 Å². The van der Waals surface area contributed by atoms with Gasteiger partial charge in [-0.15, -0.1) is 0 Å². The summed E-state index contributed by atoms with van der Waals surface area (Å²) in [4.78, 5) is 14.6. The first kappa shape index (κ1) is 8.18. The van der Waals surface area contributed by atoms with Crippen LogP contribution in [0.3, 0.4) is 0 Å². The van der Waals surface area contributed by atoms with Crippen LogP contribution in [-0.4, -0.2) is 26.3 Å². The summed E-state index contributed by atoms with van der Waals surface area (Å²) in [5, 5.41) is 14.9. The van der Waals surface area contributed by atoms with Gasteiger partial charge in [0.15, 0.2) is 5.69 Å². The van der Waals surface area contributed by atoms with E-state index in [2.05, 4.69) is 31.1 Å². The molecule has 0 atom stereocenters. The number of nitrogens with one attached hydrogen (secondary N) is 1. The number of H-pyrrole nitrogens is 1. The minimum atomic E-state index is -1.08. The molecule has 2 N–H and O–H groups in total. The Kier molecular flexibility index (Phi) is 1.77. The Morgan fingerprint density at radius 3 is 3.08 bits per heavy atom. The molecule has 0 amide bonds. The standard InChI is InChI=1S/C7H4BrN3O2/c8-3-1-4-5(9-2-3)6(7(12)13)11-10-4/h1-2H,(H,10,11)(H,12,13). The van der Waals surface area contributed by atoms with E-state index in [1.165, 1.54) is 6.20 Å². The molecular weight excluding hydrogens is 238 g/mol. The highest BCUT2D eigenvalue weighted by atomic mass is 79.9. The SMILES string of the molecule is O=C(O)c1n[nH]c2cc(Br)cnc12. The fourth-order valence-electron chi connectivity index (χ4n) is 1.03. The van der Waals surface area contributed by atoms with E-state index in [4.69, 9.17) is 5.11 Å². The van der Waals surface area contributed by atoms with Gasteiger partial charge in [-0.1, -0.05) is 0 Å². The van der Waals surface area contributed by atoms with Crippen molar-refractivity contribution in [3.63, 3.8) is 0 Å². The lowest BCUT2D eigenvalue weighted by molar-refractivity contribution is 0.0692. The lowest BCUT2D eigenvalue weighted by Crippen LogP contribution is -1.97. The molecule has 0 unspecified atom stereocenters. The van der Waals surface area contributed by atoms with Crippen LogP contribution in [0.5, 0.6) is 0 Å². The Morgan fingerprint density at radius 2 is 2.38 bits per heavy atom. The summed E-state index contributed by atoms with van der Waals surface area (Å²) in [5.74, 6) is -1.08. The van der Waals surface area contributed by atoms with Gasteiger partial charge in [0.1, 0.15) is 5.52 Å². The highest BCUT2D eigenvalue weighted by molar-refractivity contribution is 9.10. The third-order valence-corrected chi connectivity index (χ3v) is 2.00. The normalized spacial score (nSPS) is 10.5. The lowest BCUT2D eigenvalue weighted by atomic mass is 10.3. The molecule has 0 bridgehead atoms. The number of pyridine rings is 1. The summed E-state index contributed by atoms with van der Waals surface area (Å²) >= 11 is 3.22.